The second kappa shape index (κ2) is 6.70. The smallest absolute Gasteiger partial charge is 0.226 e. The van der Waals surface area contributed by atoms with Crippen LogP contribution in [-0.4, -0.2) is 33.4 Å². The SMILES string of the molecule is Cn1cnc(-c2ccc(NC(=O)C[C@@H]3CCCCO3)cc2)n1. The largest absolute Gasteiger partial charge is 0.378 e. The summed E-state index contributed by atoms with van der Waals surface area (Å²) in [4.78, 5) is 16.2. The van der Waals surface area contributed by atoms with Gasteiger partial charge in [0.05, 0.1) is 12.5 Å². The van der Waals surface area contributed by atoms with Gasteiger partial charge in [0.2, 0.25) is 5.91 Å². The molecule has 1 aromatic heterocycles. The molecule has 116 valence electrons. The van der Waals surface area contributed by atoms with Crippen LogP contribution in [0.2, 0.25) is 0 Å². The topological polar surface area (TPSA) is 69.0 Å². The van der Waals surface area contributed by atoms with Crippen molar-refractivity contribution in [1.82, 2.24) is 14.8 Å². The van der Waals surface area contributed by atoms with Crippen molar-refractivity contribution in [3.63, 3.8) is 0 Å². The highest BCUT2D eigenvalue weighted by Gasteiger charge is 2.17. The number of anilines is 1. The van der Waals surface area contributed by atoms with E-state index < -0.39 is 0 Å². The summed E-state index contributed by atoms with van der Waals surface area (Å²) in [5.41, 5.74) is 1.70. The van der Waals surface area contributed by atoms with Crippen molar-refractivity contribution in [2.75, 3.05) is 11.9 Å². The fraction of sp³-hybridized carbons (Fsp3) is 0.438. The van der Waals surface area contributed by atoms with Crippen molar-refractivity contribution in [3.8, 4) is 11.4 Å². The number of aryl methyl sites for hydroxylation is 1. The molecule has 1 N–H and O–H groups in total. The molecule has 1 amide bonds. The molecule has 6 nitrogen and oxygen atoms in total. The minimum Gasteiger partial charge on any atom is -0.378 e. The van der Waals surface area contributed by atoms with Gasteiger partial charge in [0.1, 0.15) is 6.33 Å². The average molecular weight is 300 g/mol. The predicted octanol–water partition coefficient (Wildman–Crippen LogP) is 2.38. The molecule has 1 aliphatic rings. The number of benzene rings is 1. The Labute approximate surface area is 129 Å². The highest BCUT2D eigenvalue weighted by atomic mass is 16.5. The van der Waals surface area contributed by atoms with Gasteiger partial charge in [-0.15, -0.1) is 0 Å². The first-order valence-corrected chi connectivity index (χ1v) is 7.58. The van der Waals surface area contributed by atoms with Crippen molar-refractivity contribution < 1.29 is 9.53 Å². The van der Waals surface area contributed by atoms with Crippen molar-refractivity contribution in [2.24, 2.45) is 7.05 Å². The average Bonchev–Trinajstić information content (AvgIpc) is 2.95. The molecule has 2 heterocycles. The molecule has 6 heteroatoms. The molecule has 1 fully saturated rings. The lowest BCUT2D eigenvalue weighted by molar-refractivity contribution is -0.119. The van der Waals surface area contributed by atoms with Crippen LogP contribution in [0.25, 0.3) is 11.4 Å². The van der Waals surface area contributed by atoms with Gasteiger partial charge in [0, 0.05) is 24.9 Å². The second-order valence-electron chi connectivity index (χ2n) is 5.56. The molecule has 2 aromatic rings. The minimum atomic E-state index is -0.00406. The molecule has 3 rings (SSSR count). The molecular formula is C16H20N4O2. The zero-order chi connectivity index (χ0) is 15.4. The third-order valence-corrected chi connectivity index (χ3v) is 3.71. The number of aromatic nitrogens is 3. The summed E-state index contributed by atoms with van der Waals surface area (Å²) < 4.78 is 7.25. The Morgan fingerprint density at radius 2 is 2.18 bits per heavy atom. The number of nitrogens with zero attached hydrogens (tertiary/aromatic N) is 3. The summed E-state index contributed by atoms with van der Waals surface area (Å²) in [5, 5.41) is 7.16. The van der Waals surface area contributed by atoms with Gasteiger partial charge in [-0.05, 0) is 43.5 Å². The number of carbonyl (C=O) groups excluding carboxylic acids is 1. The number of hydrogen-bond acceptors (Lipinski definition) is 4. The number of ether oxygens (including phenoxy) is 1. The number of hydrogen-bond donors (Lipinski definition) is 1. The van der Waals surface area contributed by atoms with E-state index in [1.807, 2.05) is 31.3 Å². The first kappa shape index (κ1) is 14.7. The molecule has 0 spiro atoms. The van der Waals surface area contributed by atoms with Crippen LogP contribution >= 0.6 is 0 Å². The predicted molar refractivity (Wildman–Crippen MR) is 83.3 cm³/mol. The van der Waals surface area contributed by atoms with Crippen molar-refractivity contribution in [3.05, 3.63) is 30.6 Å². The highest BCUT2D eigenvalue weighted by Crippen LogP contribution is 2.19. The monoisotopic (exact) mass is 300 g/mol. The Balaban J connectivity index is 1.57. The molecule has 1 atom stereocenters. The molecule has 0 aliphatic carbocycles. The summed E-state index contributed by atoms with van der Waals surface area (Å²) in [7, 11) is 1.83. The van der Waals surface area contributed by atoms with E-state index >= 15 is 0 Å². The molecule has 0 bridgehead atoms. The van der Waals surface area contributed by atoms with Crippen LogP contribution in [0.5, 0.6) is 0 Å². The first-order chi connectivity index (χ1) is 10.7. The molecule has 1 aromatic carbocycles. The summed E-state index contributed by atoms with van der Waals surface area (Å²) in [5.74, 6) is 0.673. The summed E-state index contributed by atoms with van der Waals surface area (Å²) in [6, 6.07) is 7.54. The standard InChI is InChI=1S/C16H20N4O2/c1-20-11-17-16(19-20)12-5-7-13(8-6-12)18-15(21)10-14-4-2-3-9-22-14/h5-8,11,14H,2-4,9-10H2,1H3,(H,18,21)/t14-/m0/s1. The highest BCUT2D eigenvalue weighted by molar-refractivity contribution is 5.91. The van der Waals surface area contributed by atoms with Crippen LogP contribution in [0.3, 0.4) is 0 Å². The van der Waals surface area contributed by atoms with E-state index in [2.05, 4.69) is 15.4 Å². The Kier molecular flexibility index (Phi) is 4.48. The quantitative estimate of drug-likeness (QED) is 0.941. The van der Waals surface area contributed by atoms with Gasteiger partial charge >= 0.3 is 0 Å². The van der Waals surface area contributed by atoms with E-state index in [4.69, 9.17) is 4.74 Å². The minimum absolute atomic E-state index is 0.00406. The second-order valence-corrected chi connectivity index (χ2v) is 5.56. The maximum Gasteiger partial charge on any atom is 0.226 e. The van der Waals surface area contributed by atoms with Crippen LogP contribution in [0, 0.1) is 0 Å². The molecule has 0 saturated carbocycles. The third-order valence-electron chi connectivity index (χ3n) is 3.71. The van der Waals surface area contributed by atoms with Crippen LogP contribution in [0.15, 0.2) is 30.6 Å². The van der Waals surface area contributed by atoms with Crippen molar-refractivity contribution in [2.45, 2.75) is 31.8 Å². The Morgan fingerprint density at radius 1 is 1.36 bits per heavy atom. The van der Waals surface area contributed by atoms with E-state index in [9.17, 15) is 4.79 Å². The van der Waals surface area contributed by atoms with Crippen LogP contribution in [0.4, 0.5) is 5.69 Å². The molecule has 22 heavy (non-hydrogen) atoms. The lowest BCUT2D eigenvalue weighted by Gasteiger charge is -2.21. The summed E-state index contributed by atoms with van der Waals surface area (Å²) >= 11 is 0. The zero-order valence-electron chi connectivity index (χ0n) is 12.7. The van der Waals surface area contributed by atoms with Crippen molar-refractivity contribution in [1.29, 1.82) is 0 Å². The Hall–Kier alpha value is -2.21. The molecule has 0 radical (unpaired) electrons. The Bertz CT molecular complexity index is 630. The van der Waals surface area contributed by atoms with Gasteiger partial charge in [-0.2, -0.15) is 5.10 Å². The number of amides is 1. The van der Waals surface area contributed by atoms with Gasteiger partial charge in [-0.1, -0.05) is 0 Å². The number of rotatable bonds is 4. The van der Waals surface area contributed by atoms with Crippen LogP contribution in [-0.2, 0) is 16.6 Å². The van der Waals surface area contributed by atoms with Crippen LogP contribution in [0.1, 0.15) is 25.7 Å². The van der Waals surface area contributed by atoms with Gasteiger partial charge in [0.15, 0.2) is 5.82 Å². The molecule has 0 unspecified atom stereocenters. The zero-order valence-corrected chi connectivity index (χ0v) is 12.7. The Morgan fingerprint density at radius 3 is 2.82 bits per heavy atom. The van der Waals surface area contributed by atoms with E-state index in [0.29, 0.717) is 12.2 Å². The lowest BCUT2D eigenvalue weighted by Crippen LogP contribution is -2.25. The number of nitrogens with one attached hydrogen (secondary N) is 1. The van der Waals surface area contributed by atoms with Gasteiger partial charge < -0.3 is 10.1 Å². The number of carbonyl (C=O) groups is 1. The molecule has 1 aliphatic heterocycles. The normalized spacial score (nSPS) is 18.1. The van der Waals surface area contributed by atoms with Crippen LogP contribution < -0.4 is 5.32 Å². The lowest BCUT2D eigenvalue weighted by atomic mass is 10.1. The van der Waals surface area contributed by atoms with Gasteiger partial charge in [-0.25, -0.2) is 4.98 Å². The first-order valence-electron chi connectivity index (χ1n) is 7.58. The maximum absolute atomic E-state index is 12.0. The van der Waals surface area contributed by atoms with E-state index in [0.717, 1.165) is 37.1 Å². The van der Waals surface area contributed by atoms with Gasteiger partial charge in [-0.3, -0.25) is 9.48 Å². The molecule has 1 saturated heterocycles. The summed E-state index contributed by atoms with van der Waals surface area (Å²) in [6.45, 7) is 0.768. The molecular weight excluding hydrogens is 280 g/mol. The van der Waals surface area contributed by atoms with E-state index in [1.54, 1.807) is 11.0 Å². The van der Waals surface area contributed by atoms with E-state index in [1.165, 1.54) is 0 Å². The van der Waals surface area contributed by atoms with E-state index in [-0.39, 0.29) is 12.0 Å². The van der Waals surface area contributed by atoms with Gasteiger partial charge in [0.25, 0.3) is 0 Å². The summed E-state index contributed by atoms with van der Waals surface area (Å²) in [6.07, 6.45) is 5.35. The fourth-order valence-corrected chi connectivity index (χ4v) is 2.56. The third kappa shape index (κ3) is 3.71. The maximum atomic E-state index is 12.0. The fourth-order valence-electron chi connectivity index (χ4n) is 2.56. The van der Waals surface area contributed by atoms with Crippen molar-refractivity contribution >= 4 is 11.6 Å².